The lowest BCUT2D eigenvalue weighted by Gasteiger charge is -2.22. The Bertz CT molecular complexity index is 534. The van der Waals surface area contributed by atoms with Crippen LogP contribution in [0, 0.1) is 5.41 Å². The van der Waals surface area contributed by atoms with Gasteiger partial charge in [0.15, 0.2) is 0 Å². The number of sulfonamides is 1. The standard InChI is InChI=1S/C14H23NO4S/c1-14(2,3)9-11(16)10-15-20(17,18)13-8-6-5-7-12(13)19-4/h5-8,11,15-16H,9-10H2,1-4H3. The van der Waals surface area contributed by atoms with Gasteiger partial charge in [-0.05, 0) is 24.0 Å². The van der Waals surface area contributed by atoms with Crippen LogP contribution in [-0.4, -0.2) is 33.3 Å². The molecule has 5 nitrogen and oxygen atoms in total. The van der Waals surface area contributed by atoms with Crippen molar-refractivity contribution in [2.45, 2.75) is 38.2 Å². The minimum absolute atomic E-state index is 0.0162. The fourth-order valence-corrected chi connectivity index (χ4v) is 3.14. The van der Waals surface area contributed by atoms with Crippen LogP contribution in [0.1, 0.15) is 27.2 Å². The maximum Gasteiger partial charge on any atom is 0.244 e. The molecule has 0 bridgehead atoms. The van der Waals surface area contributed by atoms with Crippen LogP contribution in [0.15, 0.2) is 29.2 Å². The van der Waals surface area contributed by atoms with Gasteiger partial charge in [-0.15, -0.1) is 0 Å². The normalized spacial score (nSPS) is 14.1. The van der Waals surface area contributed by atoms with E-state index in [1.807, 2.05) is 20.8 Å². The van der Waals surface area contributed by atoms with E-state index in [4.69, 9.17) is 4.74 Å². The van der Waals surface area contributed by atoms with Gasteiger partial charge in [0.25, 0.3) is 0 Å². The first-order chi connectivity index (χ1) is 9.15. The van der Waals surface area contributed by atoms with Crippen LogP contribution in [0.2, 0.25) is 0 Å². The Morgan fingerprint density at radius 1 is 1.30 bits per heavy atom. The molecule has 0 saturated carbocycles. The second kappa shape index (κ2) is 6.56. The largest absolute Gasteiger partial charge is 0.495 e. The lowest BCUT2D eigenvalue weighted by molar-refractivity contribution is 0.125. The van der Waals surface area contributed by atoms with Gasteiger partial charge in [-0.25, -0.2) is 13.1 Å². The zero-order chi connectivity index (χ0) is 15.4. The molecule has 1 aromatic carbocycles. The summed E-state index contributed by atoms with van der Waals surface area (Å²) in [6, 6.07) is 6.38. The molecular weight excluding hydrogens is 278 g/mol. The third-order valence-corrected chi connectivity index (χ3v) is 4.18. The van der Waals surface area contributed by atoms with Crippen molar-refractivity contribution in [3.05, 3.63) is 24.3 Å². The Kier molecular flexibility index (Phi) is 5.56. The molecule has 0 saturated heterocycles. The number of ether oxygens (including phenoxy) is 1. The first-order valence-corrected chi connectivity index (χ1v) is 7.95. The van der Waals surface area contributed by atoms with Crippen molar-refractivity contribution >= 4 is 10.0 Å². The molecule has 1 aromatic rings. The summed E-state index contributed by atoms with van der Waals surface area (Å²) in [5.41, 5.74) is -0.0602. The molecular formula is C14H23NO4S. The number of aliphatic hydroxyl groups is 1. The zero-order valence-electron chi connectivity index (χ0n) is 12.4. The lowest BCUT2D eigenvalue weighted by atomic mass is 9.89. The molecule has 1 rings (SSSR count). The number of methoxy groups -OCH3 is 1. The Morgan fingerprint density at radius 3 is 2.45 bits per heavy atom. The predicted molar refractivity (Wildman–Crippen MR) is 78.3 cm³/mol. The molecule has 2 N–H and O–H groups in total. The number of rotatable bonds is 6. The van der Waals surface area contributed by atoms with Crippen LogP contribution >= 0.6 is 0 Å². The molecule has 114 valence electrons. The van der Waals surface area contributed by atoms with E-state index >= 15 is 0 Å². The summed E-state index contributed by atoms with van der Waals surface area (Å²) in [4.78, 5) is 0.0745. The van der Waals surface area contributed by atoms with Gasteiger partial charge in [0.2, 0.25) is 10.0 Å². The van der Waals surface area contributed by atoms with Gasteiger partial charge in [0.05, 0.1) is 13.2 Å². The van der Waals surface area contributed by atoms with Crippen molar-refractivity contribution in [2.75, 3.05) is 13.7 Å². The Balaban J connectivity index is 2.76. The van der Waals surface area contributed by atoms with E-state index < -0.39 is 16.1 Å². The summed E-state index contributed by atoms with van der Waals surface area (Å²) >= 11 is 0. The fourth-order valence-electron chi connectivity index (χ4n) is 1.90. The maximum atomic E-state index is 12.2. The van der Waals surface area contributed by atoms with Gasteiger partial charge < -0.3 is 9.84 Å². The summed E-state index contributed by atoms with van der Waals surface area (Å²) < 4.78 is 31.8. The quantitative estimate of drug-likeness (QED) is 0.839. The highest BCUT2D eigenvalue weighted by Crippen LogP contribution is 2.23. The summed E-state index contributed by atoms with van der Waals surface area (Å²) in [5.74, 6) is 0.283. The smallest absolute Gasteiger partial charge is 0.244 e. The SMILES string of the molecule is COc1ccccc1S(=O)(=O)NCC(O)CC(C)(C)C. The summed E-state index contributed by atoms with van der Waals surface area (Å²) in [6.45, 7) is 5.96. The average Bonchev–Trinajstić information content (AvgIpc) is 2.34. The van der Waals surface area contributed by atoms with Crippen molar-refractivity contribution in [1.82, 2.24) is 4.72 Å². The third kappa shape index (κ3) is 5.11. The minimum Gasteiger partial charge on any atom is -0.495 e. The van der Waals surface area contributed by atoms with Gasteiger partial charge in [0.1, 0.15) is 10.6 Å². The second-order valence-corrected chi connectivity index (χ2v) is 7.66. The first-order valence-electron chi connectivity index (χ1n) is 6.46. The molecule has 1 unspecified atom stereocenters. The van der Waals surface area contributed by atoms with Gasteiger partial charge >= 0.3 is 0 Å². The van der Waals surface area contributed by atoms with E-state index in [2.05, 4.69) is 4.72 Å². The van der Waals surface area contributed by atoms with E-state index in [-0.39, 0.29) is 22.6 Å². The number of nitrogens with one attached hydrogen (secondary N) is 1. The molecule has 0 radical (unpaired) electrons. The van der Waals surface area contributed by atoms with E-state index in [9.17, 15) is 13.5 Å². The average molecular weight is 301 g/mol. The van der Waals surface area contributed by atoms with Gasteiger partial charge in [0, 0.05) is 6.54 Å². The Morgan fingerprint density at radius 2 is 1.90 bits per heavy atom. The molecule has 6 heteroatoms. The number of hydrogen-bond donors (Lipinski definition) is 2. The van der Waals surface area contributed by atoms with Crippen LogP contribution in [0.5, 0.6) is 5.75 Å². The summed E-state index contributed by atoms with van der Waals surface area (Å²) in [6.07, 6.45) is -0.207. The second-order valence-electron chi connectivity index (χ2n) is 5.92. The van der Waals surface area contributed by atoms with Crippen molar-refractivity contribution in [1.29, 1.82) is 0 Å². The van der Waals surface area contributed by atoms with E-state index in [0.717, 1.165) is 0 Å². The molecule has 0 aliphatic heterocycles. The number of hydrogen-bond acceptors (Lipinski definition) is 4. The molecule has 20 heavy (non-hydrogen) atoms. The molecule has 0 aliphatic rings. The van der Waals surface area contributed by atoms with Crippen LogP contribution in [-0.2, 0) is 10.0 Å². The highest BCUT2D eigenvalue weighted by Gasteiger charge is 2.22. The maximum absolute atomic E-state index is 12.2. The molecule has 0 spiro atoms. The van der Waals surface area contributed by atoms with Crippen molar-refractivity contribution in [2.24, 2.45) is 5.41 Å². The Hall–Kier alpha value is -1.11. The van der Waals surface area contributed by atoms with Crippen LogP contribution in [0.3, 0.4) is 0 Å². The van der Waals surface area contributed by atoms with E-state index in [1.54, 1.807) is 18.2 Å². The highest BCUT2D eigenvalue weighted by molar-refractivity contribution is 7.89. The lowest BCUT2D eigenvalue weighted by Crippen LogP contribution is -2.34. The summed E-state index contributed by atoms with van der Waals surface area (Å²) in [7, 11) is -2.27. The predicted octanol–water partition coefficient (Wildman–Crippen LogP) is 1.77. The molecule has 0 aromatic heterocycles. The van der Waals surface area contributed by atoms with E-state index in [0.29, 0.717) is 6.42 Å². The first kappa shape index (κ1) is 16.9. The zero-order valence-corrected chi connectivity index (χ0v) is 13.2. The third-order valence-electron chi connectivity index (χ3n) is 2.72. The number of para-hydroxylation sites is 1. The molecule has 0 heterocycles. The van der Waals surface area contributed by atoms with Crippen molar-refractivity contribution in [3.8, 4) is 5.75 Å². The van der Waals surface area contributed by atoms with Gasteiger partial charge in [-0.2, -0.15) is 0 Å². The minimum atomic E-state index is -3.69. The monoisotopic (exact) mass is 301 g/mol. The van der Waals surface area contributed by atoms with Crippen molar-refractivity contribution in [3.63, 3.8) is 0 Å². The van der Waals surface area contributed by atoms with E-state index in [1.165, 1.54) is 13.2 Å². The fraction of sp³-hybridized carbons (Fsp3) is 0.571. The topological polar surface area (TPSA) is 75.6 Å². The number of benzene rings is 1. The number of aliphatic hydroxyl groups excluding tert-OH is 1. The van der Waals surface area contributed by atoms with Gasteiger partial charge in [-0.3, -0.25) is 0 Å². The van der Waals surface area contributed by atoms with Crippen LogP contribution < -0.4 is 9.46 Å². The molecule has 0 fully saturated rings. The highest BCUT2D eigenvalue weighted by atomic mass is 32.2. The Labute approximate surface area is 121 Å². The molecule has 1 atom stereocenters. The molecule has 0 aliphatic carbocycles. The van der Waals surface area contributed by atoms with Crippen LogP contribution in [0.4, 0.5) is 0 Å². The van der Waals surface area contributed by atoms with Crippen LogP contribution in [0.25, 0.3) is 0 Å². The molecule has 0 amide bonds. The van der Waals surface area contributed by atoms with Gasteiger partial charge in [-0.1, -0.05) is 32.9 Å². The van der Waals surface area contributed by atoms with Crippen molar-refractivity contribution < 1.29 is 18.3 Å². The summed E-state index contributed by atoms with van der Waals surface area (Å²) in [5, 5.41) is 9.86.